The molecule has 0 radical (unpaired) electrons. The quantitative estimate of drug-likeness (QED) is 0.0292. The smallest absolute Gasteiger partial charge is 0.303 e. The maximum Gasteiger partial charge on any atom is 0.303 e. The summed E-state index contributed by atoms with van der Waals surface area (Å²) in [6.45, 7) is 14.4. The lowest BCUT2D eigenvalue weighted by molar-refractivity contribution is -0.137. The number of nitrogens with zero attached hydrogens (tertiary/aromatic N) is 2. The third kappa shape index (κ3) is 40.0. The third-order valence-electron chi connectivity index (χ3n) is 17.0. The van der Waals surface area contributed by atoms with Crippen LogP contribution >= 0.6 is 0 Å². The first-order chi connectivity index (χ1) is 38.1. The zero-order chi connectivity index (χ0) is 56.5. The molecule has 0 spiro atoms. The van der Waals surface area contributed by atoms with E-state index in [0.29, 0.717) is 45.8 Å². The maximum absolute atomic E-state index is 11.0. The largest absolute Gasteiger partial charge is 0.490 e. The Labute approximate surface area is 481 Å². The van der Waals surface area contributed by atoms with E-state index in [2.05, 4.69) is 37.5 Å². The van der Waals surface area contributed by atoms with Crippen LogP contribution in [0.3, 0.4) is 0 Å². The highest BCUT2D eigenvalue weighted by Gasteiger charge is 2.43. The molecule has 1 aliphatic carbocycles. The fourth-order valence-electron chi connectivity index (χ4n) is 11.9. The molecule has 3 rings (SSSR count). The molecule has 462 valence electrons. The van der Waals surface area contributed by atoms with E-state index < -0.39 is 18.2 Å². The fraction of sp³-hybridized carbons (Fsp3) is 0.955. The molecule has 78 heavy (non-hydrogen) atoms. The van der Waals surface area contributed by atoms with Crippen molar-refractivity contribution in [2.24, 2.45) is 0 Å². The Bertz CT molecular complexity index is 1310. The Hall–Kier alpha value is -1.31. The van der Waals surface area contributed by atoms with Gasteiger partial charge in [-0.05, 0) is 89.3 Å². The average molecular weight is 1110 g/mol. The molecule has 2 aliphatic heterocycles. The molecule has 11 heteroatoms. The molecule has 3 aliphatic rings. The molecule has 2 heterocycles. The van der Waals surface area contributed by atoms with Crippen molar-refractivity contribution < 1.29 is 44.5 Å². The average Bonchev–Trinajstić information content (AvgIpc) is 4.05. The molecule has 3 fully saturated rings. The molecule has 0 aromatic carbocycles. The van der Waals surface area contributed by atoms with Crippen molar-refractivity contribution in [2.45, 2.75) is 359 Å². The molecule has 0 aromatic heterocycles. The van der Waals surface area contributed by atoms with Gasteiger partial charge in [-0.2, -0.15) is 0 Å². The van der Waals surface area contributed by atoms with Gasteiger partial charge in [-0.3, -0.25) is 14.6 Å². The number of hydrogen-bond acceptors (Lipinski definition) is 10. The molecule has 2 saturated heterocycles. The van der Waals surface area contributed by atoms with Crippen LogP contribution in [-0.2, 0) is 19.0 Å². The summed E-state index contributed by atoms with van der Waals surface area (Å²) in [5.74, 6) is 0.413. The molecular formula is C67H130N2O9. The van der Waals surface area contributed by atoms with Crippen LogP contribution in [0, 0.1) is 0 Å². The van der Waals surface area contributed by atoms with E-state index in [9.17, 15) is 25.2 Å². The van der Waals surface area contributed by atoms with Gasteiger partial charge in [0.1, 0.15) is 12.2 Å². The second kappa shape index (κ2) is 51.3. The number of aliphatic hydroxyl groups is 4. The van der Waals surface area contributed by atoms with Crippen LogP contribution in [0.2, 0.25) is 0 Å². The minimum absolute atomic E-state index is 0.0371. The highest BCUT2D eigenvalue weighted by atomic mass is 16.6. The normalized spacial score (nSPS) is 18.7. The summed E-state index contributed by atoms with van der Waals surface area (Å²) in [4.78, 5) is 15.3. The zero-order valence-corrected chi connectivity index (χ0v) is 51.8. The first kappa shape index (κ1) is 72.8. The summed E-state index contributed by atoms with van der Waals surface area (Å²) >= 11 is 0. The van der Waals surface area contributed by atoms with Crippen molar-refractivity contribution >= 4 is 5.97 Å². The van der Waals surface area contributed by atoms with E-state index >= 15 is 0 Å². The number of rotatable bonds is 55. The van der Waals surface area contributed by atoms with Crippen molar-refractivity contribution in [3.8, 4) is 0 Å². The predicted molar refractivity (Wildman–Crippen MR) is 326 cm³/mol. The molecule has 0 aromatic rings. The number of unbranched alkanes of at least 4 members (excludes halogenated alkanes) is 29. The molecular weight excluding hydrogens is 977 g/mol. The summed E-state index contributed by atoms with van der Waals surface area (Å²) in [6, 6.07) is 0. The van der Waals surface area contributed by atoms with Gasteiger partial charge in [0.25, 0.3) is 0 Å². The van der Waals surface area contributed by atoms with Gasteiger partial charge in [0.05, 0.1) is 42.9 Å². The molecule has 1 saturated carbocycles. The van der Waals surface area contributed by atoms with E-state index in [1.807, 2.05) is 0 Å². The zero-order valence-electron chi connectivity index (χ0n) is 51.8. The van der Waals surface area contributed by atoms with Gasteiger partial charge in [-0.25, -0.2) is 0 Å². The Kier molecular flexibility index (Phi) is 47.9. The van der Waals surface area contributed by atoms with Crippen molar-refractivity contribution in [3.05, 3.63) is 11.3 Å². The Morgan fingerprint density at radius 1 is 0.474 bits per heavy atom. The Morgan fingerprint density at radius 3 is 1.18 bits per heavy atom. The van der Waals surface area contributed by atoms with Crippen LogP contribution in [0.25, 0.3) is 0 Å². The standard InChI is InChI=1S/C39H73NO5.C28H57NO4/c1-3-5-7-9-11-13-15-17-24-34(41)30-40(31-35(42)25-18-16-14-12-10-8-6-4-2)28-20-19-26-36(33-22-21-23-33)45-38-32-44-37-27-29-43-39(37)38;1-3-5-7-9-11-13-15-17-20-26(30)24-29(23-19-22-28(32)33)25-27(31)21-18-16-14-12-10-8-6-4-2/h34-35,37-39,41-42H,3-32H2,1-2H3;26-27,30-31H,3-25H2,1-2H3,(H,32,33)/t34?,35?,37-,38?,39+;/m1./s1. The maximum atomic E-state index is 11.0. The van der Waals surface area contributed by atoms with E-state index in [4.69, 9.17) is 19.3 Å². The van der Waals surface area contributed by atoms with Crippen LogP contribution in [-0.4, -0.2) is 137 Å². The van der Waals surface area contributed by atoms with Crippen LogP contribution in [0.5, 0.6) is 0 Å². The van der Waals surface area contributed by atoms with Gasteiger partial charge < -0.3 is 39.7 Å². The molecule has 5 N–H and O–H groups in total. The predicted octanol–water partition coefficient (Wildman–Crippen LogP) is 16.2. The SMILES string of the molecule is CCCCCCCCCCC(O)CN(CCCC(=O)O)CC(O)CCCCCCCCCC.CCCCCCCCCCC(O)CN(CCCCC(OC1CO[C@@H]2CCO[C@H]12)=C1CCC1)CC(O)CCCCCCCCCC. The lowest BCUT2D eigenvalue weighted by Crippen LogP contribution is -2.38. The van der Waals surface area contributed by atoms with Crippen molar-refractivity contribution in [1.29, 1.82) is 0 Å². The second-order valence-corrected chi connectivity index (χ2v) is 24.7. The summed E-state index contributed by atoms with van der Waals surface area (Å²) in [6.07, 6.45) is 51.4. The Morgan fingerprint density at radius 2 is 0.833 bits per heavy atom. The van der Waals surface area contributed by atoms with Gasteiger partial charge in [-0.1, -0.05) is 233 Å². The summed E-state index contributed by atoms with van der Waals surface area (Å²) in [5, 5.41) is 51.9. The minimum Gasteiger partial charge on any atom is -0.490 e. The lowest BCUT2D eigenvalue weighted by atomic mass is 9.90. The molecule has 11 nitrogen and oxygen atoms in total. The number of allylic oxidation sites excluding steroid dienone is 2. The van der Waals surface area contributed by atoms with Crippen LogP contribution in [0.1, 0.15) is 317 Å². The fourth-order valence-corrected chi connectivity index (χ4v) is 11.9. The summed E-state index contributed by atoms with van der Waals surface area (Å²) < 4.78 is 18.5. The number of hydrogen-bond donors (Lipinski definition) is 5. The van der Waals surface area contributed by atoms with Crippen molar-refractivity contribution in [3.63, 3.8) is 0 Å². The topological polar surface area (TPSA) is 152 Å². The van der Waals surface area contributed by atoms with Crippen LogP contribution in [0.4, 0.5) is 0 Å². The number of carboxylic acid groups (broad SMARTS) is 1. The van der Waals surface area contributed by atoms with E-state index in [-0.39, 0.29) is 36.9 Å². The number of aliphatic hydroxyl groups excluding tert-OH is 4. The number of ether oxygens (including phenoxy) is 3. The van der Waals surface area contributed by atoms with Gasteiger partial charge >= 0.3 is 5.97 Å². The van der Waals surface area contributed by atoms with Gasteiger partial charge in [0.15, 0.2) is 0 Å². The number of carboxylic acids is 1. The van der Waals surface area contributed by atoms with Gasteiger partial charge in [0.2, 0.25) is 0 Å². The molecule has 0 amide bonds. The number of fused-ring (bicyclic) bond motifs is 1. The van der Waals surface area contributed by atoms with E-state index in [0.717, 1.165) is 90.2 Å². The summed E-state index contributed by atoms with van der Waals surface area (Å²) in [5.41, 5.74) is 1.50. The van der Waals surface area contributed by atoms with E-state index in [1.54, 1.807) is 0 Å². The van der Waals surface area contributed by atoms with Crippen molar-refractivity contribution in [2.75, 3.05) is 52.5 Å². The van der Waals surface area contributed by atoms with Crippen LogP contribution < -0.4 is 0 Å². The monoisotopic (exact) mass is 1110 g/mol. The first-order valence-corrected chi connectivity index (χ1v) is 34.1. The second-order valence-electron chi connectivity index (χ2n) is 24.7. The highest BCUT2D eigenvalue weighted by Crippen LogP contribution is 2.36. The first-order valence-electron chi connectivity index (χ1n) is 34.1. The highest BCUT2D eigenvalue weighted by molar-refractivity contribution is 5.66. The molecule has 5 unspecified atom stereocenters. The van der Waals surface area contributed by atoms with Crippen molar-refractivity contribution in [1.82, 2.24) is 9.80 Å². The number of aliphatic carboxylic acids is 1. The van der Waals surface area contributed by atoms with Gasteiger partial charge in [0, 0.05) is 45.6 Å². The molecule has 7 atom stereocenters. The van der Waals surface area contributed by atoms with E-state index in [1.165, 1.54) is 210 Å². The lowest BCUT2D eigenvalue weighted by Gasteiger charge is -2.28. The summed E-state index contributed by atoms with van der Waals surface area (Å²) in [7, 11) is 0. The minimum atomic E-state index is -0.783. The molecule has 0 bridgehead atoms. The Balaban J connectivity index is 0.000000562. The van der Waals surface area contributed by atoms with Gasteiger partial charge in [-0.15, -0.1) is 0 Å². The third-order valence-corrected chi connectivity index (χ3v) is 17.0. The number of carbonyl (C=O) groups is 1. The van der Waals surface area contributed by atoms with Crippen LogP contribution in [0.15, 0.2) is 11.3 Å².